The molecule has 0 bridgehead atoms. The lowest BCUT2D eigenvalue weighted by molar-refractivity contribution is -0.384. The van der Waals surface area contributed by atoms with Crippen molar-refractivity contribution in [3.63, 3.8) is 0 Å². The van der Waals surface area contributed by atoms with Crippen LogP contribution in [0.15, 0.2) is 46.9 Å². The number of hydrogen-bond acceptors (Lipinski definition) is 7. The van der Waals surface area contributed by atoms with E-state index in [1.54, 1.807) is 31.2 Å². The molecular weight excluding hydrogens is 568 g/mol. The van der Waals surface area contributed by atoms with Crippen LogP contribution in [0.5, 0.6) is 5.75 Å². The van der Waals surface area contributed by atoms with Crippen molar-refractivity contribution in [1.29, 1.82) is 0 Å². The lowest BCUT2D eigenvalue weighted by Crippen LogP contribution is -2.51. The van der Waals surface area contributed by atoms with E-state index in [0.29, 0.717) is 6.54 Å². The van der Waals surface area contributed by atoms with Crippen LogP contribution >= 0.6 is 15.9 Å². The number of ether oxygens (including phenoxy) is 1. The highest BCUT2D eigenvalue weighted by Gasteiger charge is 2.32. The number of nitro benzene ring substituents is 1. The Morgan fingerprint density at radius 2 is 1.84 bits per heavy atom. The van der Waals surface area contributed by atoms with Crippen LogP contribution in [0.4, 0.5) is 11.4 Å². The average molecular weight is 600 g/mol. The molecule has 0 radical (unpaired) electrons. The second kappa shape index (κ2) is 13.4. The first-order valence-electron chi connectivity index (χ1n) is 11.5. The molecule has 2 aromatic carbocycles. The smallest absolute Gasteiger partial charge is 0.271 e. The number of halogens is 1. The van der Waals surface area contributed by atoms with Gasteiger partial charge in [0, 0.05) is 29.7 Å². The fourth-order valence-electron chi connectivity index (χ4n) is 3.49. The highest BCUT2D eigenvalue weighted by Crippen LogP contribution is 2.34. The summed E-state index contributed by atoms with van der Waals surface area (Å²) in [5, 5.41) is 14.1. The van der Waals surface area contributed by atoms with Gasteiger partial charge in [0.05, 0.1) is 18.3 Å². The predicted octanol–water partition coefficient (Wildman–Crippen LogP) is 3.47. The maximum Gasteiger partial charge on any atom is 0.271 e. The molecule has 0 saturated carbocycles. The molecular formula is C24H31BrN4O7S. The summed E-state index contributed by atoms with van der Waals surface area (Å²) in [6, 6.07) is 9.70. The lowest BCUT2D eigenvalue weighted by atomic mass is 10.1. The average Bonchev–Trinajstić information content (AvgIpc) is 2.85. The minimum absolute atomic E-state index is 0.0358. The molecule has 202 valence electrons. The van der Waals surface area contributed by atoms with Gasteiger partial charge in [0.25, 0.3) is 5.69 Å². The van der Waals surface area contributed by atoms with Gasteiger partial charge >= 0.3 is 0 Å². The summed E-state index contributed by atoms with van der Waals surface area (Å²) in [5.41, 5.74) is 0.201. The SMILES string of the molecule is CCCCNC(=O)C(C)N(Cc1ccc(Br)cc1)C(=O)CN(c1cc([N+](=O)[O-])ccc1OC)S(C)(=O)=O. The van der Waals surface area contributed by atoms with Crippen LogP contribution in [-0.4, -0.2) is 62.6 Å². The van der Waals surface area contributed by atoms with E-state index in [1.165, 1.54) is 24.1 Å². The van der Waals surface area contributed by atoms with Crippen LogP contribution < -0.4 is 14.4 Å². The van der Waals surface area contributed by atoms with Gasteiger partial charge in [-0.15, -0.1) is 0 Å². The molecule has 2 amide bonds. The number of methoxy groups -OCH3 is 1. The van der Waals surface area contributed by atoms with E-state index in [9.17, 15) is 28.1 Å². The van der Waals surface area contributed by atoms with Crippen molar-refractivity contribution in [3.8, 4) is 5.75 Å². The number of carbonyl (C=O) groups is 2. The van der Waals surface area contributed by atoms with Gasteiger partial charge in [-0.2, -0.15) is 0 Å². The molecule has 0 aliphatic heterocycles. The Hall–Kier alpha value is -3.19. The summed E-state index contributed by atoms with van der Waals surface area (Å²) in [6.07, 6.45) is 2.54. The van der Waals surface area contributed by atoms with Crippen molar-refractivity contribution in [2.75, 3.05) is 30.8 Å². The molecule has 0 saturated heterocycles. The van der Waals surface area contributed by atoms with E-state index in [4.69, 9.17) is 4.74 Å². The van der Waals surface area contributed by atoms with E-state index < -0.39 is 33.4 Å². The van der Waals surface area contributed by atoms with Crippen LogP contribution in [0.25, 0.3) is 0 Å². The Morgan fingerprint density at radius 1 is 1.19 bits per heavy atom. The first-order valence-corrected chi connectivity index (χ1v) is 14.1. The van der Waals surface area contributed by atoms with Gasteiger partial charge in [0.15, 0.2) is 0 Å². The van der Waals surface area contributed by atoms with E-state index in [-0.39, 0.29) is 29.6 Å². The minimum Gasteiger partial charge on any atom is -0.495 e. The number of sulfonamides is 1. The summed E-state index contributed by atoms with van der Waals surface area (Å²) in [4.78, 5) is 38.4. The number of non-ortho nitro benzene ring substituents is 1. The summed E-state index contributed by atoms with van der Waals surface area (Å²) in [7, 11) is -2.80. The maximum atomic E-state index is 13.6. The summed E-state index contributed by atoms with van der Waals surface area (Å²) >= 11 is 3.36. The largest absolute Gasteiger partial charge is 0.495 e. The molecule has 1 N–H and O–H groups in total. The number of nitrogens with zero attached hydrogens (tertiary/aromatic N) is 3. The summed E-state index contributed by atoms with van der Waals surface area (Å²) in [5.74, 6) is -1.01. The van der Waals surface area contributed by atoms with E-state index >= 15 is 0 Å². The monoisotopic (exact) mass is 598 g/mol. The second-order valence-electron chi connectivity index (χ2n) is 8.35. The Labute approximate surface area is 225 Å². The van der Waals surface area contributed by atoms with E-state index in [2.05, 4.69) is 21.2 Å². The highest BCUT2D eigenvalue weighted by atomic mass is 79.9. The Morgan fingerprint density at radius 3 is 2.38 bits per heavy atom. The zero-order chi connectivity index (χ0) is 27.8. The molecule has 0 aliphatic carbocycles. The molecule has 0 aliphatic rings. The number of unbranched alkanes of at least 4 members (excludes halogenated alkanes) is 1. The molecule has 0 spiro atoms. The predicted molar refractivity (Wildman–Crippen MR) is 144 cm³/mol. The molecule has 2 rings (SSSR count). The Bertz CT molecular complexity index is 1220. The number of hydrogen-bond donors (Lipinski definition) is 1. The molecule has 0 heterocycles. The second-order valence-corrected chi connectivity index (χ2v) is 11.2. The standard InChI is InChI=1S/C24H31BrN4O7S/c1-5-6-13-26-24(31)17(2)27(15-18-7-9-19(25)10-8-18)23(30)16-28(37(4,34)35)21-14-20(29(32)33)11-12-22(21)36-3/h7-12,14,17H,5-6,13,15-16H2,1-4H3,(H,26,31). The van der Waals surface area contributed by atoms with E-state index in [1.807, 2.05) is 6.92 Å². The topological polar surface area (TPSA) is 139 Å². The van der Waals surface area contributed by atoms with Gasteiger partial charge in [0.2, 0.25) is 21.8 Å². The molecule has 37 heavy (non-hydrogen) atoms. The first-order chi connectivity index (χ1) is 17.4. The fourth-order valence-corrected chi connectivity index (χ4v) is 4.60. The number of nitro groups is 1. The first kappa shape index (κ1) is 30.0. The van der Waals surface area contributed by atoms with Crippen molar-refractivity contribution in [2.24, 2.45) is 0 Å². The third kappa shape index (κ3) is 8.42. The fraction of sp³-hybridized carbons (Fsp3) is 0.417. The van der Waals surface area contributed by atoms with Gasteiger partial charge in [0.1, 0.15) is 24.0 Å². The molecule has 1 atom stereocenters. The number of amides is 2. The lowest BCUT2D eigenvalue weighted by Gasteiger charge is -2.31. The van der Waals surface area contributed by atoms with Crippen molar-refractivity contribution in [2.45, 2.75) is 39.3 Å². The van der Waals surface area contributed by atoms with Gasteiger partial charge in [-0.1, -0.05) is 41.4 Å². The number of nitrogens with one attached hydrogen (secondary N) is 1. The van der Waals surface area contributed by atoms with Crippen molar-refractivity contribution < 1.29 is 27.7 Å². The molecule has 11 nitrogen and oxygen atoms in total. The Balaban J connectivity index is 2.47. The number of benzene rings is 2. The van der Waals surface area contributed by atoms with Gasteiger partial charge < -0.3 is 15.0 Å². The minimum atomic E-state index is -4.09. The number of rotatable bonds is 13. The van der Waals surface area contributed by atoms with Crippen molar-refractivity contribution in [3.05, 3.63) is 62.6 Å². The maximum absolute atomic E-state index is 13.6. The van der Waals surface area contributed by atoms with Gasteiger partial charge in [-0.3, -0.25) is 24.0 Å². The Kier molecular flexibility index (Phi) is 10.9. The van der Waals surface area contributed by atoms with E-state index in [0.717, 1.165) is 39.5 Å². The van der Waals surface area contributed by atoms with Crippen LogP contribution in [-0.2, 0) is 26.2 Å². The molecule has 0 fully saturated rings. The zero-order valence-corrected chi connectivity index (χ0v) is 23.5. The zero-order valence-electron chi connectivity index (χ0n) is 21.1. The summed E-state index contributed by atoms with van der Waals surface area (Å²) in [6.45, 7) is 3.34. The van der Waals surface area contributed by atoms with Crippen molar-refractivity contribution >= 4 is 49.1 Å². The molecule has 1 unspecified atom stereocenters. The van der Waals surface area contributed by atoms with Crippen LogP contribution in [0.3, 0.4) is 0 Å². The van der Waals surface area contributed by atoms with Gasteiger partial charge in [-0.25, -0.2) is 8.42 Å². The molecule has 0 aromatic heterocycles. The van der Waals surface area contributed by atoms with Crippen molar-refractivity contribution in [1.82, 2.24) is 10.2 Å². The highest BCUT2D eigenvalue weighted by molar-refractivity contribution is 9.10. The molecule has 13 heteroatoms. The number of carbonyl (C=O) groups excluding carboxylic acids is 2. The summed E-state index contributed by atoms with van der Waals surface area (Å²) < 4.78 is 32.3. The van der Waals surface area contributed by atoms with Crippen LogP contribution in [0, 0.1) is 10.1 Å². The third-order valence-electron chi connectivity index (χ3n) is 5.58. The number of anilines is 1. The quantitative estimate of drug-likeness (QED) is 0.211. The molecule has 2 aromatic rings. The van der Waals surface area contributed by atoms with Crippen LogP contribution in [0.2, 0.25) is 0 Å². The third-order valence-corrected chi connectivity index (χ3v) is 7.24. The van der Waals surface area contributed by atoms with Crippen LogP contribution in [0.1, 0.15) is 32.3 Å². The normalized spacial score (nSPS) is 11.9. The van der Waals surface area contributed by atoms with Gasteiger partial charge in [-0.05, 0) is 37.1 Å².